The summed E-state index contributed by atoms with van der Waals surface area (Å²) >= 11 is 0. The molecule has 1 unspecified atom stereocenters. The van der Waals surface area contributed by atoms with Crippen LogP contribution in [0.15, 0.2) is 24.3 Å². The second kappa shape index (κ2) is 5.89. The van der Waals surface area contributed by atoms with E-state index in [0.29, 0.717) is 12.1 Å². The van der Waals surface area contributed by atoms with E-state index in [-0.39, 0.29) is 11.9 Å². The minimum atomic E-state index is -0.0476. The molecular formula is C12H15N3O. The highest BCUT2D eigenvalue weighted by Gasteiger charge is 2.08. The summed E-state index contributed by atoms with van der Waals surface area (Å²) < 4.78 is 0. The van der Waals surface area contributed by atoms with E-state index in [2.05, 4.69) is 16.7 Å². The van der Waals surface area contributed by atoms with Gasteiger partial charge in [0.25, 0.3) is 0 Å². The van der Waals surface area contributed by atoms with Gasteiger partial charge in [0.15, 0.2) is 0 Å². The zero-order chi connectivity index (χ0) is 12.0. The lowest BCUT2D eigenvalue weighted by atomic mass is 10.1. The molecule has 0 heterocycles. The molecule has 0 aliphatic carbocycles. The summed E-state index contributed by atoms with van der Waals surface area (Å²) in [6.45, 7) is 2.22. The van der Waals surface area contributed by atoms with Crippen LogP contribution in [0.25, 0.3) is 0 Å². The monoisotopic (exact) mass is 217 g/mol. The Labute approximate surface area is 95.3 Å². The Morgan fingerprint density at radius 3 is 2.56 bits per heavy atom. The number of rotatable bonds is 4. The maximum atomic E-state index is 11.3. The Bertz CT molecular complexity index is 392. The number of carbonyl (C=O) groups excluding carboxylic acids is 1. The highest BCUT2D eigenvalue weighted by atomic mass is 16.1. The molecule has 0 saturated carbocycles. The van der Waals surface area contributed by atoms with Crippen molar-refractivity contribution >= 4 is 5.91 Å². The van der Waals surface area contributed by atoms with Gasteiger partial charge in [-0.2, -0.15) is 5.26 Å². The number of hydrogen-bond acceptors (Lipinski definition) is 3. The SMILES string of the molecule is CNCC(=O)NC(C)c1ccc(C#N)cc1. The molecule has 1 amide bonds. The van der Waals surface area contributed by atoms with Gasteiger partial charge >= 0.3 is 0 Å². The van der Waals surface area contributed by atoms with Crippen molar-refractivity contribution in [1.29, 1.82) is 5.26 Å². The first-order valence-corrected chi connectivity index (χ1v) is 5.11. The first kappa shape index (κ1) is 12.2. The quantitative estimate of drug-likeness (QED) is 0.789. The van der Waals surface area contributed by atoms with Gasteiger partial charge < -0.3 is 10.6 Å². The number of nitrogens with zero attached hydrogens (tertiary/aromatic N) is 1. The summed E-state index contributed by atoms with van der Waals surface area (Å²) in [5.41, 5.74) is 1.61. The summed E-state index contributed by atoms with van der Waals surface area (Å²) in [5, 5.41) is 14.3. The van der Waals surface area contributed by atoms with Crippen molar-refractivity contribution in [3.63, 3.8) is 0 Å². The molecule has 0 fully saturated rings. The summed E-state index contributed by atoms with van der Waals surface area (Å²) in [7, 11) is 1.73. The van der Waals surface area contributed by atoms with Crippen LogP contribution in [0.2, 0.25) is 0 Å². The molecule has 0 saturated heterocycles. The van der Waals surface area contributed by atoms with Gasteiger partial charge in [0.05, 0.1) is 24.2 Å². The van der Waals surface area contributed by atoms with Crippen LogP contribution in [0, 0.1) is 11.3 Å². The van der Waals surface area contributed by atoms with Gasteiger partial charge in [0, 0.05) is 0 Å². The Hall–Kier alpha value is -1.86. The fourth-order valence-corrected chi connectivity index (χ4v) is 1.38. The first-order chi connectivity index (χ1) is 7.67. The molecular weight excluding hydrogens is 202 g/mol. The number of carbonyl (C=O) groups is 1. The van der Waals surface area contributed by atoms with Crippen LogP contribution < -0.4 is 10.6 Å². The lowest BCUT2D eigenvalue weighted by Gasteiger charge is -2.14. The van der Waals surface area contributed by atoms with Gasteiger partial charge in [-0.15, -0.1) is 0 Å². The Balaban J connectivity index is 2.63. The van der Waals surface area contributed by atoms with Gasteiger partial charge in [-0.05, 0) is 31.7 Å². The summed E-state index contributed by atoms with van der Waals surface area (Å²) in [6.07, 6.45) is 0. The first-order valence-electron chi connectivity index (χ1n) is 5.11. The van der Waals surface area contributed by atoms with Crippen LogP contribution in [-0.2, 0) is 4.79 Å². The van der Waals surface area contributed by atoms with Crippen LogP contribution in [0.5, 0.6) is 0 Å². The van der Waals surface area contributed by atoms with Crippen LogP contribution in [0.4, 0.5) is 0 Å². The Morgan fingerprint density at radius 2 is 2.06 bits per heavy atom. The van der Waals surface area contributed by atoms with Gasteiger partial charge in [-0.3, -0.25) is 4.79 Å². The average molecular weight is 217 g/mol. The molecule has 0 aliphatic heterocycles. The Morgan fingerprint density at radius 1 is 1.44 bits per heavy atom. The molecule has 2 N–H and O–H groups in total. The predicted octanol–water partition coefficient (Wildman–Crippen LogP) is 0.955. The maximum Gasteiger partial charge on any atom is 0.234 e. The van der Waals surface area contributed by atoms with Crippen molar-refractivity contribution in [3.8, 4) is 6.07 Å². The maximum absolute atomic E-state index is 11.3. The van der Waals surface area contributed by atoms with Gasteiger partial charge in [-0.1, -0.05) is 12.1 Å². The third-order valence-electron chi connectivity index (χ3n) is 2.25. The van der Waals surface area contributed by atoms with Crippen molar-refractivity contribution in [2.45, 2.75) is 13.0 Å². The predicted molar refractivity (Wildman–Crippen MR) is 61.6 cm³/mol. The second-order valence-electron chi connectivity index (χ2n) is 3.55. The van der Waals surface area contributed by atoms with Crippen molar-refractivity contribution < 1.29 is 4.79 Å². The standard InChI is InChI=1S/C12H15N3O/c1-9(15-12(16)8-14-2)11-5-3-10(7-13)4-6-11/h3-6,9,14H,8H2,1-2H3,(H,15,16). The molecule has 0 radical (unpaired) electrons. The number of nitrogens with one attached hydrogen (secondary N) is 2. The van der Waals surface area contributed by atoms with Gasteiger partial charge in [0.2, 0.25) is 5.91 Å². The second-order valence-corrected chi connectivity index (χ2v) is 3.55. The van der Waals surface area contributed by atoms with Crippen LogP contribution in [-0.4, -0.2) is 19.5 Å². The minimum absolute atomic E-state index is 0.0423. The molecule has 84 valence electrons. The van der Waals surface area contributed by atoms with Crippen molar-refractivity contribution in [3.05, 3.63) is 35.4 Å². The van der Waals surface area contributed by atoms with Gasteiger partial charge in [-0.25, -0.2) is 0 Å². The molecule has 1 rings (SSSR count). The van der Waals surface area contributed by atoms with Crippen molar-refractivity contribution in [1.82, 2.24) is 10.6 Å². The molecule has 1 atom stereocenters. The summed E-state index contributed by atoms with van der Waals surface area (Å²) in [4.78, 5) is 11.3. The number of likely N-dealkylation sites (N-methyl/N-ethyl adjacent to an activating group) is 1. The average Bonchev–Trinajstić information content (AvgIpc) is 2.29. The smallest absolute Gasteiger partial charge is 0.234 e. The number of hydrogen-bond donors (Lipinski definition) is 2. The minimum Gasteiger partial charge on any atom is -0.348 e. The third kappa shape index (κ3) is 3.37. The molecule has 0 aliphatic rings. The summed E-state index contributed by atoms with van der Waals surface area (Å²) in [5.74, 6) is -0.0423. The normalized spacial score (nSPS) is 11.6. The highest BCUT2D eigenvalue weighted by molar-refractivity contribution is 5.78. The topological polar surface area (TPSA) is 64.9 Å². The van der Waals surface area contributed by atoms with E-state index in [9.17, 15) is 4.79 Å². The molecule has 4 heteroatoms. The van der Waals surface area contributed by atoms with Crippen LogP contribution in [0.1, 0.15) is 24.1 Å². The van der Waals surface area contributed by atoms with E-state index in [1.807, 2.05) is 19.1 Å². The zero-order valence-electron chi connectivity index (χ0n) is 9.45. The van der Waals surface area contributed by atoms with Gasteiger partial charge in [0.1, 0.15) is 0 Å². The number of amides is 1. The fourth-order valence-electron chi connectivity index (χ4n) is 1.38. The molecule has 16 heavy (non-hydrogen) atoms. The molecule has 0 spiro atoms. The van der Waals surface area contributed by atoms with Crippen LogP contribution >= 0.6 is 0 Å². The molecule has 1 aromatic carbocycles. The number of benzene rings is 1. The lowest BCUT2D eigenvalue weighted by molar-refractivity contribution is -0.120. The molecule has 0 bridgehead atoms. The molecule has 4 nitrogen and oxygen atoms in total. The fraction of sp³-hybridized carbons (Fsp3) is 0.333. The number of nitriles is 1. The molecule has 1 aromatic rings. The van der Waals surface area contributed by atoms with E-state index in [1.54, 1.807) is 19.2 Å². The van der Waals surface area contributed by atoms with E-state index in [0.717, 1.165) is 5.56 Å². The van der Waals surface area contributed by atoms with Crippen LogP contribution in [0.3, 0.4) is 0 Å². The van der Waals surface area contributed by atoms with Crippen molar-refractivity contribution in [2.24, 2.45) is 0 Å². The zero-order valence-corrected chi connectivity index (χ0v) is 9.45. The summed E-state index contributed by atoms with van der Waals surface area (Å²) in [6, 6.07) is 9.20. The largest absolute Gasteiger partial charge is 0.348 e. The third-order valence-corrected chi connectivity index (χ3v) is 2.25. The Kier molecular flexibility index (Phi) is 4.49. The van der Waals surface area contributed by atoms with Crippen molar-refractivity contribution in [2.75, 3.05) is 13.6 Å². The van der Waals surface area contributed by atoms with E-state index >= 15 is 0 Å². The highest BCUT2D eigenvalue weighted by Crippen LogP contribution is 2.12. The lowest BCUT2D eigenvalue weighted by Crippen LogP contribution is -2.33. The van der Waals surface area contributed by atoms with E-state index in [4.69, 9.17) is 5.26 Å². The van der Waals surface area contributed by atoms with E-state index < -0.39 is 0 Å². The molecule has 0 aromatic heterocycles. The van der Waals surface area contributed by atoms with E-state index in [1.165, 1.54) is 0 Å².